The van der Waals surface area contributed by atoms with Crippen molar-refractivity contribution in [2.24, 2.45) is 0 Å². The Bertz CT molecular complexity index is 680. The van der Waals surface area contributed by atoms with Gasteiger partial charge in [-0.2, -0.15) is 34.8 Å². The van der Waals surface area contributed by atoms with Crippen molar-refractivity contribution in [1.29, 1.82) is 0 Å². The van der Waals surface area contributed by atoms with Crippen molar-refractivity contribution in [2.75, 3.05) is 0 Å². The van der Waals surface area contributed by atoms with Gasteiger partial charge < -0.3 is 4.18 Å². The fourth-order valence-corrected chi connectivity index (χ4v) is 1.95. The summed E-state index contributed by atoms with van der Waals surface area (Å²) < 4.78 is 127. The zero-order valence-electron chi connectivity index (χ0n) is 11.3. The van der Waals surface area contributed by atoms with E-state index in [1.54, 1.807) is 0 Å². The number of benzene rings is 1. The molecule has 1 aromatic carbocycles. The lowest BCUT2D eigenvalue weighted by molar-refractivity contribution is -0.181. The molecule has 12 heteroatoms. The first-order chi connectivity index (χ1) is 10.0. The van der Waals surface area contributed by atoms with E-state index in [1.165, 1.54) is 0 Å². The Morgan fingerprint density at radius 1 is 0.913 bits per heavy atom. The monoisotopic (exact) mass is 372 g/mol. The molecule has 1 aromatic rings. The number of hydrogen-bond acceptors (Lipinski definition) is 3. The molecule has 0 saturated carbocycles. The van der Waals surface area contributed by atoms with Gasteiger partial charge >= 0.3 is 21.8 Å². The molecule has 0 amide bonds. The molecule has 0 N–H and O–H groups in total. The van der Waals surface area contributed by atoms with Crippen molar-refractivity contribution in [3.63, 3.8) is 0 Å². The Morgan fingerprint density at radius 2 is 1.30 bits per heavy atom. The van der Waals surface area contributed by atoms with Crippen LogP contribution in [0.2, 0.25) is 0 Å². The van der Waals surface area contributed by atoms with Crippen LogP contribution in [-0.4, -0.2) is 20.1 Å². The third-order valence-corrected chi connectivity index (χ3v) is 3.82. The highest BCUT2D eigenvalue weighted by atomic mass is 32.2. The number of hydrogen-bond donors (Lipinski definition) is 0. The Kier molecular flexibility index (Phi) is 4.65. The van der Waals surface area contributed by atoms with Crippen LogP contribution < -0.4 is 4.18 Å². The lowest BCUT2D eigenvalue weighted by atomic mass is 9.83. The van der Waals surface area contributed by atoms with Crippen LogP contribution in [0.4, 0.5) is 35.1 Å². The summed E-state index contributed by atoms with van der Waals surface area (Å²) in [5.41, 5.74) is -10.4. The molecular weight excluding hydrogens is 364 g/mol. The van der Waals surface area contributed by atoms with E-state index in [-0.39, 0.29) is 12.1 Å². The fraction of sp³-hybridized carbons (Fsp3) is 0.455. The highest BCUT2D eigenvalue weighted by Gasteiger charge is 2.52. The molecule has 0 atom stereocenters. The van der Waals surface area contributed by atoms with Crippen molar-refractivity contribution >= 4 is 10.1 Å². The minimum Gasteiger partial charge on any atom is -0.376 e. The molecule has 0 fully saturated rings. The highest BCUT2D eigenvalue weighted by molar-refractivity contribution is 7.87. The van der Waals surface area contributed by atoms with E-state index in [0.29, 0.717) is 13.8 Å². The molecule has 0 aliphatic carbocycles. The molecule has 0 saturated heterocycles. The van der Waals surface area contributed by atoms with E-state index in [2.05, 4.69) is 4.18 Å². The highest BCUT2D eigenvalue weighted by Crippen LogP contribution is 2.43. The maximum atomic E-state index is 13.7. The summed E-state index contributed by atoms with van der Waals surface area (Å²) >= 11 is 0. The summed E-state index contributed by atoms with van der Waals surface area (Å²) in [6.07, 6.45) is -5.07. The minimum atomic E-state index is -6.22. The van der Waals surface area contributed by atoms with Crippen LogP contribution in [0.15, 0.2) is 12.1 Å². The van der Waals surface area contributed by atoms with E-state index in [0.717, 1.165) is 0 Å². The standard InChI is InChI=1S/C11H8F8O3S/c1-9(2,10(14,15)16)8-6(12)3-5(4-7(8)13)22-23(20,21)11(17,18)19/h3-4H,1-2H3. The van der Waals surface area contributed by atoms with Crippen molar-refractivity contribution in [1.82, 2.24) is 0 Å². The van der Waals surface area contributed by atoms with Crippen LogP contribution in [0, 0.1) is 11.6 Å². The molecule has 0 heterocycles. The third kappa shape index (κ3) is 3.67. The predicted molar refractivity (Wildman–Crippen MR) is 61.0 cm³/mol. The average molecular weight is 372 g/mol. The first-order valence-corrected chi connectivity index (χ1v) is 6.98. The summed E-state index contributed by atoms with van der Waals surface area (Å²) in [4.78, 5) is 0. The molecule has 0 aromatic heterocycles. The maximum Gasteiger partial charge on any atom is 0.534 e. The lowest BCUT2D eigenvalue weighted by Gasteiger charge is -2.29. The average Bonchev–Trinajstić information content (AvgIpc) is 2.22. The SMILES string of the molecule is CC(C)(c1c(F)cc(OS(=O)(=O)C(F)(F)F)cc1F)C(F)(F)F. The van der Waals surface area contributed by atoms with E-state index in [9.17, 15) is 43.5 Å². The molecule has 0 bridgehead atoms. The van der Waals surface area contributed by atoms with Gasteiger partial charge in [0.2, 0.25) is 0 Å². The molecule has 0 aliphatic heterocycles. The lowest BCUT2D eigenvalue weighted by Crippen LogP contribution is -2.38. The molecule has 1 rings (SSSR count). The smallest absolute Gasteiger partial charge is 0.376 e. The molecule has 23 heavy (non-hydrogen) atoms. The summed E-state index contributed by atoms with van der Waals surface area (Å²) in [6, 6.07) is -0.148. The van der Waals surface area contributed by atoms with Gasteiger partial charge in [-0.15, -0.1) is 0 Å². The molecule has 3 nitrogen and oxygen atoms in total. The van der Waals surface area contributed by atoms with Crippen molar-refractivity contribution < 1.29 is 47.7 Å². The van der Waals surface area contributed by atoms with Crippen LogP contribution in [-0.2, 0) is 15.5 Å². The van der Waals surface area contributed by atoms with Crippen LogP contribution in [0.1, 0.15) is 19.4 Å². The van der Waals surface area contributed by atoms with E-state index in [1.807, 2.05) is 0 Å². The van der Waals surface area contributed by atoms with Crippen LogP contribution in [0.3, 0.4) is 0 Å². The van der Waals surface area contributed by atoms with Crippen molar-refractivity contribution in [3.8, 4) is 5.75 Å². The van der Waals surface area contributed by atoms with Gasteiger partial charge in [-0.25, -0.2) is 8.78 Å². The normalized spacial score (nSPS) is 14.0. The molecule has 0 unspecified atom stereocenters. The van der Waals surface area contributed by atoms with Gasteiger partial charge in [-0.3, -0.25) is 0 Å². The summed E-state index contributed by atoms with van der Waals surface area (Å²) in [5.74, 6) is -5.25. The molecular formula is C11H8F8O3S. The van der Waals surface area contributed by atoms with Gasteiger partial charge in [-0.05, 0) is 13.8 Å². The minimum absolute atomic E-state index is 0.0742. The van der Waals surface area contributed by atoms with Crippen LogP contribution in [0.5, 0.6) is 5.75 Å². The Hall–Kier alpha value is -1.59. The Morgan fingerprint density at radius 3 is 1.61 bits per heavy atom. The van der Waals surface area contributed by atoms with Gasteiger partial charge in [0.05, 0.1) is 5.41 Å². The molecule has 132 valence electrons. The quantitative estimate of drug-likeness (QED) is 0.457. The fourth-order valence-electron chi connectivity index (χ4n) is 1.51. The molecule has 0 spiro atoms. The van der Waals surface area contributed by atoms with Crippen LogP contribution in [0.25, 0.3) is 0 Å². The maximum absolute atomic E-state index is 13.7. The van der Waals surface area contributed by atoms with Crippen molar-refractivity contribution in [3.05, 3.63) is 29.3 Å². The van der Waals surface area contributed by atoms with Gasteiger partial charge in [-0.1, -0.05) is 0 Å². The van der Waals surface area contributed by atoms with Gasteiger partial charge in [0, 0.05) is 17.7 Å². The van der Waals surface area contributed by atoms with E-state index < -0.39 is 50.2 Å². The second kappa shape index (κ2) is 5.49. The summed E-state index contributed by atoms with van der Waals surface area (Å²) in [6.45, 7) is 0.892. The van der Waals surface area contributed by atoms with Gasteiger partial charge in [0.1, 0.15) is 17.4 Å². The summed E-state index contributed by atoms with van der Waals surface area (Å²) in [7, 11) is -6.22. The Balaban J connectivity index is 3.39. The zero-order chi connectivity index (χ0) is 18.4. The van der Waals surface area contributed by atoms with E-state index >= 15 is 0 Å². The van der Waals surface area contributed by atoms with E-state index in [4.69, 9.17) is 0 Å². The van der Waals surface area contributed by atoms with Crippen LogP contribution >= 0.6 is 0 Å². The topological polar surface area (TPSA) is 43.4 Å². The first-order valence-electron chi connectivity index (χ1n) is 5.57. The molecule has 0 aliphatic rings. The number of halogens is 8. The van der Waals surface area contributed by atoms with Crippen molar-refractivity contribution in [2.45, 2.75) is 30.9 Å². The third-order valence-electron chi connectivity index (χ3n) is 2.84. The zero-order valence-corrected chi connectivity index (χ0v) is 12.1. The first kappa shape index (κ1) is 19.5. The largest absolute Gasteiger partial charge is 0.534 e. The Labute approximate surface area is 125 Å². The number of rotatable bonds is 3. The second-order valence-corrected chi connectivity index (χ2v) is 6.41. The second-order valence-electron chi connectivity index (χ2n) is 4.87. The molecule has 0 radical (unpaired) electrons. The van der Waals surface area contributed by atoms with Gasteiger partial charge in [0.25, 0.3) is 0 Å². The predicted octanol–water partition coefficient (Wildman–Crippen LogP) is 4.03. The number of alkyl halides is 6. The van der Waals surface area contributed by atoms with Gasteiger partial charge in [0.15, 0.2) is 0 Å². The summed E-state index contributed by atoms with van der Waals surface area (Å²) in [5, 5.41) is 0.